The van der Waals surface area contributed by atoms with E-state index in [4.69, 9.17) is 4.74 Å². The Bertz CT molecular complexity index is 742. The molecule has 0 saturated carbocycles. The summed E-state index contributed by atoms with van der Waals surface area (Å²) < 4.78 is 5.43. The Hall–Kier alpha value is -2.60. The van der Waals surface area contributed by atoms with Crippen molar-refractivity contribution >= 4 is 23.1 Å². The molecule has 1 N–H and O–H groups in total. The summed E-state index contributed by atoms with van der Waals surface area (Å²) in [7, 11) is 2.02. The molecule has 0 spiro atoms. The number of nitrogens with one attached hydrogen (secondary N) is 1. The molecule has 1 aromatic heterocycles. The number of morpholine rings is 1. The average molecular weight is 368 g/mol. The predicted octanol–water partition coefficient (Wildman–Crippen LogP) is 3.41. The number of pyridine rings is 1. The Morgan fingerprint density at radius 3 is 2.70 bits per heavy atom. The lowest BCUT2D eigenvalue weighted by Gasteiger charge is -2.30. The second-order valence-corrected chi connectivity index (χ2v) is 6.75. The number of para-hydroxylation sites is 2. The fraction of sp³-hybridized carbons (Fsp3) is 0.429. The topological polar surface area (TPSA) is 57.7 Å². The number of hydrogen-bond donors (Lipinski definition) is 1. The van der Waals surface area contributed by atoms with Gasteiger partial charge in [0.05, 0.1) is 30.2 Å². The lowest BCUT2D eigenvalue weighted by molar-refractivity contribution is 0.102. The summed E-state index contributed by atoms with van der Waals surface area (Å²) in [6, 6.07) is 11.6. The number of unbranched alkanes of at least 4 members (excludes halogenated alkanes) is 1. The van der Waals surface area contributed by atoms with E-state index in [1.165, 1.54) is 0 Å². The van der Waals surface area contributed by atoms with Gasteiger partial charge in [0, 0.05) is 32.9 Å². The van der Waals surface area contributed by atoms with Gasteiger partial charge in [-0.1, -0.05) is 25.5 Å². The van der Waals surface area contributed by atoms with Gasteiger partial charge in [0.1, 0.15) is 5.82 Å². The minimum Gasteiger partial charge on any atom is -0.378 e. The van der Waals surface area contributed by atoms with Gasteiger partial charge in [0.15, 0.2) is 0 Å². The van der Waals surface area contributed by atoms with Gasteiger partial charge in [-0.2, -0.15) is 0 Å². The molecular formula is C21H28N4O2. The van der Waals surface area contributed by atoms with Crippen molar-refractivity contribution in [2.24, 2.45) is 0 Å². The molecule has 0 unspecified atom stereocenters. The lowest BCUT2D eigenvalue weighted by Crippen LogP contribution is -2.36. The number of aromatic nitrogens is 1. The quantitative estimate of drug-likeness (QED) is 0.812. The highest BCUT2D eigenvalue weighted by molar-refractivity contribution is 6.05. The van der Waals surface area contributed by atoms with Crippen LogP contribution in [0, 0.1) is 0 Å². The van der Waals surface area contributed by atoms with Crippen LogP contribution in [0.4, 0.5) is 17.2 Å². The zero-order valence-electron chi connectivity index (χ0n) is 16.1. The van der Waals surface area contributed by atoms with Crippen LogP contribution >= 0.6 is 0 Å². The second kappa shape index (κ2) is 9.37. The highest BCUT2D eigenvalue weighted by atomic mass is 16.5. The van der Waals surface area contributed by atoms with Crippen LogP contribution < -0.4 is 15.1 Å². The lowest BCUT2D eigenvalue weighted by atomic mass is 10.2. The first-order valence-corrected chi connectivity index (χ1v) is 9.59. The number of carbonyl (C=O) groups excluding carboxylic acids is 1. The molecule has 0 aliphatic carbocycles. The summed E-state index contributed by atoms with van der Waals surface area (Å²) >= 11 is 0. The maximum atomic E-state index is 12.7. The summed E-state index contributed by atoms with van der Waals surface area (Å²) in [5.74, 6) is 0.736. The van der Waals surface area contributed by atoms with Gasteiger partial charge in [0.2, 0.25) is 0 Å². The van der Waals surface area contributed by atoms with Crippen LogP contribution in [-0.2, 0) is 4.74 Å². The van der Waals surface area contributed by atoms with Gasteiger partial charge in [-0.15, -0.1) is 0 Å². The van der Waals surface area contributed by atoms with Crippen molar-refractivity contribution in [3.8, 4) is 0 Å². The number of carbonyl (C=O) groups is 1. The first-order chi connectivity index (χ1) is 13.2. The van der Waals surface area contributed by atoms with E-state index in [0.717, 1.165) is 49.7 Å². The molecule has 144 valence electrons. The van der Waals surface area contributed by atoms with Crippen molar-refractivity contribution < 1.29 is 9.53 Å². The number of benzene rings is 1. The normalized spacial score (nSPS) is 14.1. The van der Waals surface area contributed by atoms with E-state index in [1.54, 1.807) is 6.20 Å². The molecule has 1 fully saturated rings. The van der Waals surface area contributed by atoms with E-state index in [9.17, 15) is 4.79 Å². The van der Waals surface area contributed by atoms with E-state index < -0.39 is 0 Å². The van der Waals surface area contributed by atoms with Crippen molar-refractivity contribution in [1.82, 2.24) is 4.98 Å². The standard InChI is InChI=1S/C21H28N4O2/c1-3-4-11-24(2)20-10-9-17(16-22-20)21(26)23-18-7-5-6-8-19(18)25-12-14-27-15-13-25/h5-10,16H,3-4,11-15H2,1-2H3,(H,23,26). The Labute approximate surface area is 161 Å². The molecule has 0 bridgehead atoms. The van der Waals surface area contributed by atoms with Crippen LogP contribution in [0.1, 0.15) is 30.1 Å². The third-order valence-electron chi connectivity index (χ3n) is 4.75. The molecule has 1 amide bonds. The average Bonchev–Trinajstić information content (AvgIpc) is 2.73. The van der Waals surface area contributed by atoms with E-state index in [0.29, 0.717) is 18.8 Å². The number of amides is 1. The van der Waals surface area contributed by atoms with Gasteiger partial charge in [-0.3, -0.25) is 4.79 Å². The fourth-order valence-corrected chi connectivity index (χ4v) is 3.11. The van der Waals surface area contributed by atoms with Gasteiger partial charge >= 0.3 is 0 Å². The van der Waals surface area contributed by atoms with Gasteiger partial charge in [-0.05, 0) is 30.7 Å². The Morgan fingerprint density at radius 1 is 1.22 bits per heavy atom. The Balaban J connectivity index is 1.69. The number of rotatable bonds is 7. The Morgan fingerprint density at radius 2 is 2.00 bits per heavy atom. The fourth-order valence-electron chi connectivity index (χ4n) is 3.11. The number of nitrogens with zero attached hydrogens (tertiary/aromatic N) is 3. The third kappa shape index (κ3) is 4.98. The highest BCUT2D eigenvalue weighted by Gasteiger charge is 2.16. The summed E-state index contributed by atoms with van der Waals surface area (Å²) in [6.45, 7) is 6.20. The van der Waals surface area contributed by atoms with Crippen LogP contribution in [0.25, 0.3) is 0 Å². The molecule has 0 radical (unpaired) electrons. The predicted molar refractivity (Wildman–Crippen MR) is 110 cm³/mol. The third-order valence-corrected chi connectivity index (χ3v) is 4.75. The molecule has 1 saturated heterocycles. The largest absolute Gasteiger partial charge is 0.378 e. The van der Waals surface area contributed by atoms with Crippen molar-refractivity contribution in [2.45, 2.75) is 19.8 Å². The van der Waals surface area contributed by atoms with Crippen molar-refractivity contribution in [3.05, 3.63) is 48.2 Å². The van der Waals surface area contributed by atoms with E-state index in [1.807, 2.05) is 43.4 Å². The second-order valence-electron chi connectivity index (χ2n) is 6.75. The Kier molecular flexibility index (Phi) is 6.65. The van der Waals surface area contributed by atoms with Crippen molar-refractivity contribution in [3.63, 3.8) is 0 Å². The monoisotopic (exact) mass is 368 g/mol. The van der Waals surface area contributed by atoms with E-state index in [-0.39, 0.29) is 5.91 Å². The first-order valence-electron chi connectivity index (χ1n) is 9.59. The molecular weight excluding hydrogens is 340 g/mol. The molecule has 27 heavy (non-hydrogen) atoms. The number of ether oxygens (including phenoxy) is 1. The molecule has 3 rings (SSSR count). The van der Waals surface area contributed by atoms with Crippen LogP contribution in [0.3, 0.4) is 0 Å². The number of anilines is 3. The van der Waals surface area contributed by atoms with E-state index >= 15 is 0 Å². The molecule has 0 atom stereocenters. The van der Waals surface area contributed by atoms with Gasteiger partial charge < -0.3 is 19.9 Å². The smallest absolute Gasteiger partial charge is 0.257 e. The maximum absolute atomic E-state index is 12.7. The summed E-state index contributed by atoms with van der Waals surface area (Å²) in [6.07, 6.45) is 3.91. The maximum Gasteiger partial charge on any atom is 0.257 e. The van der Waals surface area contributed by atoms with E-state index in [2.05, 4.69) is 27.0 Å². The molecule has 6 heteroatoms. The first kappa shape index (κ1) is 19.2. The minimum absolute atomic E-state index is 0.147. The van der Waals surface area contributed by atoms with Crippen molar-refractivity contribution in [1.29, 1.82) is 0 Å². The minimum atomic E-state index is -0.147. The van der Waals surface area contributed by atoms with Crippen LogP contribution in [0.2, 0.25) is 0 Å². The molecule has 1 aliphatic heterocycles. The summed E-state index contributed by atoms with van der Waals surface area (Å²) in [5.41, 5.74) is 2.39. The molecule has 2 aromatic rings. The van der Waals surface area contributed by atoms with Crippen LogP contribution in [-0.4, -0.2) is 50.8 Å². The zero-order valence-corrected chi connectivity index (χ0v) is 16.1. The molecule has 6 nitrogen and oxygen atoms in total. The van der Waals surface area contributed by atoms with Gasteiger partial charge in [-0.25, -0.2) is 4.98 Å². The molecule has 2 heterocycles. The van der Waals surface area contributed by atoms with Crippen molar-refractivity contribution in [2.75, 3.05) is 55.0 Å². The summed E-state index contributed by atoms with van der Waals surface area (Å²) in [4.78, 5) is 21.5. The number of hydrogen-bond acceptors (Lipinski definition) is 5. The SMILES string of the molecule is CCCCN(C)c1ccc(C(=O)Nc2ccccc2N2CCOCC2)cn1. The van der Waals surface area contributed by atoms with Crippen LogP contribution in [0.15, 0.2) is 42.6 Å². The van der Waals surface area contributed by atoms with Gasteiger partial charge in [0.25, 0.3) is 5.91 Å². The molecule has 1 aliphatic rings. The summed E-state index contributed by atoms with van der Waals surface area (Å²) in [5, 5.41) is 3.03. The highest BCUT2D eigenvalue weighted by Crippen LogP contribution is 2.27. The zero-order chi connectivity index (χ0) is 19.1. The molecule has 1 aromatic carbocycles. The van der Waals surface area contributed by atoms with Crippen LogP contribution in [0.5, 0.6) is 0 Å².